The largest absolute Gasteiger partial charge is 0.370 e. The van der Waals surface area contributed by atoms with Crippen LogP contribution < -0.4 is 0 Å². The van der Waals surface area contributed by atoms with Crippen molar-refractivity contribution in [2.24, 2.45) is 5.92 Å². The highest BCUT2D eigenvalue weighted by atomic mass is 32.1. The van der Waals surface area contributed by atoms with Gasteiger partial charge in [-0.15, -0.1) is 0 Å². The third-order valence-electron chi connectivity index (χ3n) is 2.65. The maximum absolute atomic E-state index is 5.43. The minimum absolute atomic E-state index is 0.652. The molecule has 1 heterocycles. The van der Waals surface area contributed by atoms with Crippen molar-refractivity contribution in [3.8, 4) is 0 Å². The van der Waals surface area contributed by atoms with E-state index < -0.39 is 0 Å². The molecule has 0 amide bonds. The van der Waals surface area contributed by atoms with Gasteiger partial charge in [0.1, 0.15) is 0 Å². The second-order valence-electron chi connectivity index (χ2n) is 3.40. The molecule has 1 aliphatic heterocycles. The number of hydrogen-bond acceptors (Lipinski definition) is 2. The fourth-order valence-corrected chi connectivity index (χ4v) is 2.30. The maximum atomic E-state index is 5.43. The van der Waals surface area contributed by atoms with Gasteiger partial charge in [-0.3, -0.25) is 0 Å². The molecule has 3 atom stereocenters. The summed E-state index contributed by atoms with van der Waals surface area (Å²) in [5.74, 6) is 1.96. The number of epoxide rings is 1. The van der Waals surface area contributed by atoms with Crippen molar-refractivity contribution >= 4 is 12.6 Å². The van der Waals surface area contributed by atoms with Crippen molar-refractivity contribution in [1.82, 2.24) is 0 Å². The Morgan fingerprint density at radius 2 is 2.20 bits per heavy atom. The Morgan fingerprint density at radius 3 is 2.90 bits per heavy atom. The molecule has 58 valence electrons. The summed E-state index contributed by atoms with van der Waals surface area (Å²) < 4.78 is 5.43. The van der Waals surface area contributed by atoms with Crippen molar-refractivity contribution in [3.63, 3.8) is 0 Å². The third-order valence-corrected chi connectivity index (χ3v) is 2.91. The molecule has 0 aromatic carbocycles. The lowest BCUT2D eigenvalue weighted by Gasteiger charge is -2.16. The predicted molar refractivity (Wildman–Crippen MR) is 44.5 cm³/mol. The molecule has 2 aliphatic rings. The van der Waals surface area contributed by atoms with Crippen LogP contribution in [0.25, 0.3) is 0 Å². The lowest BCUT2D eigenvalue weighted by Crippen LogP contribution is -2.13. The van der Waals surface area contributed by atoms with Crippen molar-refractivity contribution in [3.05, 3.63) is 0 Å². The molecule has 2 rings (SSSR count). The summed E-state index contributed by atoms with van der Waals surface area (Å²) >= 11 is 4.23. The van der Waals surface area contributed by atoms with E-state index in [0.717, 1.165) is 11.7 Å². The summed E-state index contributed by atoms with van der Waals surface area (Å²) in [5, 5.41) is 0. The highest BCUT2D eigenvalue weighted by Crippen LogP contribution is 2.40. The SMILES string of the molecule is SCCC1CCC2OC2C1. The molecule has 2 heteroatoms. The molecule has 3 unspecified atom stereocenters. The molecule has 1 saturated heterocycles. The first kappa shape index (κ1) is 6.99. The van der Waals surface area contributed by atoms with Gasteiger partial charge in [0, 0.05) is 0 Å². The van der Waals surface area contributed by atoms with Gasteiger partial charge in [0.15, 0.2) is 0 Å². The fourth-order valence-electron chi connectivity index (χ4n) is 1.93. The van der Waals surface area contributed by atoms with Crippen LogP contribution in [0.5, 0.6) is 0 Å². The van der Waals surface area contributed by atoms with E-state index in [9.17, 15) is 0 Å². The smallest absolute Gasteiger partial charge is 0.0844 e. The van der Waals surface area contributed by atoms with Gasteiger partial charge in [0.25, 0.3) is 0 Å². The van der Waals surface area contributed by atoms with Crippen molar-refractivity contribution in [2.45, 2.75) is 37.9 Å². The molecule has 1 nitrogen and oxygen atoms in total. The van der Waals surface area contributed by atoms with Crippen LogP contribution in [0.1, 0.15) is 25.7 Å². The molecular weight excluding hydrogens is 144 g/mol. The lowest BCUT2D eigenvalue weighted by molar-refractivity contribution is 0.358. The Balaban J connectivity index is 1.77. The van der Waals surface area contributed by atoms with E-state index in [1.807, 2.05) is 0 Å². The van der Waals surface area contributed by atoms with Gasteiger partial charge in [-0.1, -0.05) is 0 Å². The molecule has 0 aromatic heterocycles. The summed E-state index contributed by atoms with van der Waals surface area (Å²) in [5.41, 5.74) is 0. The first-order chi connectivity index (χ1) is 4.90. The fraction of sp³-hybridized carbons (Fsp3) is 1.00. The van der Waals surface area contributed by atoms with Gasteiger partial charge in [-0.05, 0) is 37.4 Å². The highest BCUT2D eigenvalue weighted by Gasteiger charge is 2.43. The monoisotopic (exact) mass is 158 g/mol. The number of fused-ring (bicyclic) bond motifs is 1. The average molecular weight is 158 g/mol. The van der Waals surface area contributed by atoms with Gasteiger partial charge in [0.05, 0.1) is 12.2 Å². The average Bonchev–Trinajstić information content (AvgIpc) is 2.66. The zero-order valence-corrected chi connectivity index (χ0v) is 7.02. The molecule has 0 spiro atoms. The molecule has 1 saturated carbocycles. The first-order valence-electron chi connectivity index (χ1n) is 4.16. The molecule has 1 aliphatic carbocycles. The summed E-state index contributed by atoms with van der Waals surface area (Å²) in [7, 11) is 0. The van der Waals surface area contributed by atoms with Gasteiger partial charge < -0.3 is 4.74 Å². The van der Waals surface area contributed by atoms with Crippen LogP contribution in [0.2, 0.25) is 0 Å². The Labute approximate surface area is 67.6 Å². The molecule has 2 fully saturated rings. The number of hydrogen-bond donors (Lipinski definition) is 1. The Morgan fingerprint density at radius 1 is 1.30 bits per heavy atom. The minimum Gasteiger partial charge on any atom is -0.370 e. The van der Waals surface area contributed by atoms with E-state index in [-0.39, 0.29) is 0 Å². The van der Waals surface area contributed by atoms with Crippen LogP contribution in [-0.2, 0) is 4.74 Å². The van der Waals surface area contributed by atoms with E-state index in [4.69, 9.17) is 4.74 Å². The molecule has 0 N–H and O–H groups in total. The van der Waals surface area contributed by atoms with Crippen LogP contribution in [0, 0.1) is 5.92 Å². The van der Waals surface area contributed by atoms with Crippen molar-refractivity contribution in [2.75, 3.05) is 5.75 Å². The molecule has 0 radical (unpaired) electrons. The predicted octanol–water partition coefficient (Wildman–Crippen LogP) is 1.87. The molecule has 10 heavy (non-hydrogen) atoms. The van der Waals surface area contributed by atoms with Crippen LogP contribution >= 0.6 is 12.6 Å². The van der Waals surface area contributed by atoms with E-state index in [1.54, 1.807) is 0 Å². The summed E-state index contributed by atoms with van der Waals surface area (Å²) in [6.07, 6.45) is 6.60. The second-order valence-corrected chi connectivity index (χ2v) is 3.85. The number of rotatable bonds is 2. The Bertz CT molecular complexity index is 126. The Kier molecular flexibility index (Phi) is 1.92. The maximum Gasteiger partial charge on any atom is 0.0844 e. The van der Waals surface area contributed by atoms with Crippen molar-refractivity contribution in [1.29, 1.82) is 0 Å². The van der Waals surface area contributed by atoms with Crippen LogP contribution in [0.3, 0.4) is 0 Å². The van der Waals surface area contributed by atoms with Crippen LogP contribution in [0.15, 0.2) is 0 Å². The van der Waals surface area contributed by atoms with Gasteiger partial charge in [-0.2, -0.15) is 12.6 Å². The minimum atomic E-state index is 0.652. The number of thiol groups is 1. The second kappa shape index (κ2) is 2.74. The molecule has 0 bridgehead atoms. The van der Waals surface area contributed by atoms with Gasteiger partial charge >= 0.3 is 0 Å². The third kappa shape index (κ3) is 1.32. The standard InChI is InChI=1S/C8H14OS/c10-4-3-6-1-2-7-8(5-6)9-7/h6-8,10H,1-5H2. The zero-order valence-electron chi connectivity index (χ0n) is 6.12. The van der Waals surface area contributed by atoms with Gasteiger partial charge in [0.2, 0.25) is 0 Å². The molecular formula is C8H14OS. The number of ether oxygens (including phenoxy) is 1. The summed E-state index contributed by atoms with van der Waals surface area (Å²) in [6, 6.07) is 0. The zero-order chi connectivity index (χ0) is 6.97. The first-order valence-corrected chi connectivity index (χ1v) is 4.79. The Hall–Kier alpha value is 0.310. The quantitative estimate of drug-likeness (QED) is 0.478. The summed E-state index contributed by atoms with van der Waals surface area (Å²) in [6.45, 7) is 0. The summed E-state index contributed by atoms with van der Waals surface area (Å²) in [4.78, 5) is 0. The topological polar surface area (TPSA) is 12.5 Å². The van der Waals surface area contributed by atoms with E-state index in [2.05, 4.69) is 12.6 Å². The molecule has 0 aromatic rings. The van der Waals surface area contributed by atoms with Crippen LogP contribution in [0.4, 0.5) is 0 Å². The lowest BCUT2D eigenvalue weighted by atomic mass is 9.88. The van der Waals surface area contributed by atoms with E-state index in [0.29, 0.717) is 12.2 Å². The van der Waals surface area contributed by atoms with E-state index >= 15 is 0 Å². The normalized spacial score (nSPS) is 44.7. The van der Waals surface area contributed by atoms with Crippen molar-refractivity contribution < 1.29 is 4.74 Å². The van der Waals surface area contributed by atoms with E-state index in [1.165, 1.54) is 25.7 Å². The van der Waals surface area contributed by atoms with Gasteiger partial charge in [-0.25, -0.2) is 0 Å². The van der Waals surface area contributed by atoms with Crippen LogP contribution in [-0.4, -0.2) is 18.0 Å². The highest BCUT2D eigenvalue weighted by molar-refractivity contribution is 7.80.